The summed E-state index contributed by atoms with van der Waals surface area (Å²) in [6, 6.07) is 10.4. The van der Waals surface area contributed by atoms with E-state index in [4.69, 9.17) is 9.47 Å². The molecule has 7 rings (SSSR count). The van der Waals surface area contributed by atoms with Crippen molar-refractivity contribution in [1.82, 2.24) is 19.8 Å². The number of hydrogen-bond acceptors (Lipinski definition) is 6. The number of anilines is 1. The molecule has 1 aromatic heterocycles. The molecule has 3 saturated heterocycles. The van der Waals surface area contributed by atoms with Gasteiger partial charge in [0.1, 0.15) is 23.2 Å². The number of hydrogen-bond donors (Lipinski definition) is 1. The number of nitrogens with zero attached hydrogens (tertiary/aromatic N) is 4. The van der Waals surface area contributed by atoms with Crippen molar-refractivity contribution in [3.05, 3.63) is 42.5 Å². The highest BCUT2D eigenvalue weighted by molar-refractivity contribution is 5.88. The summed E-state index contributed by atoms with van der Waals surface area (Å²) in [4.78, 5) is 21.2. The van der Waals surface area contributed by atoms with Crippen molar-refractivity contribution in [3.8, 4) is 16.9 Å². The van der Waals surface area contributed by atoms with Gasteiger partial charge in [-0.3, -0.25) is 9.69 Å². The zero-order chi connectivity index (χ0) is 25.8. The second kappa shape index (κ2) is 9.54. The normalized spacial score (nSPS) is 23.5. The maximum atomic E-state index is 15.6. The largest absolute Gasteiger partial charge is 0.488 e. The van der Waals surface area contributed by atoms with Crippen molar-refractivity contribution in [3.63, 3.8) is 0 Å². The summed E-state index contributed by atoms with van der Waals surface area (Å²) in [5.74, 6) is 0.621. The quantitative estimate of drug-likeness (QED) is 0.515. The minimum Gasteiger partial charge on any atom is -0.488 e. The number of halogens is 1. The van der Waals surface area contributed by atoms with E-state index >= 15 is 4.39 Å². The summed E-state index contributed by atoms with van der Waals surface area (Å²) in [5, 5.41) is 2.90. The van der Waals surface area contributed by atoms with E-state index in [0.29, 0.717) is 36.4 Å². The van der Waals surface area contributed by atoms with E-state index < -0.39 is 0 Å². The Morgan fingerprint density at radius 2 is 1.92 bits per heavy atom. The van der Waals surface area contributed by atoms with Crippen LogP contribution < -0.4 is 15.0 Å². The number of carbonyl (C=O) groups excluding carboxylic acids is 1. The van der Waals surface area contributed by atoms with Gasteiger partial charge in [-0.1, -0.05) is 0 Å². The molecule has 1 N–H and O–H groups in total. The van der Waals surface area contributed by atoms with Crippen molar-refractivity contribution in [2.75, 3.05) is 50.8 Å². The molecule has 38 heavy (non-hydrogen) atoms. The van der Waals surface area contributed by atoms with Crippen LogP contribution in [0.1, 0.15) is 32.2 Å². The summed E-state index contributed by atoms with van der Waals surface area (Å²) in [5.41, 5.74) is 3.96. The van der Waals surface area contributed by atoms with Crippen molar-refractivity contribution < 1.29 is 18.7 Å². The molecule has 4 fully saturated rings. The van der Waals surface area contributed by atoms with Gasteiger partial charge in [0.25, 0.3) is 0 Å². The molecule has 2 atom stereocenters. The topological polar surface area (TPSA) is 71.9 Å². The van der Waals surface area contributed by atoms with Gasteiger partial charge in [0.05, 0.1) is 31.1 Å². The lowest BCUT2D eigenvalue weighted by Gasteiger charge is -2.43. The number of piperazine rings is 1. The molecule has 9 heteroatoms. The zero-order valence-corrected chi connectivity index (χ0v) is 21.7. The Kier molecular flexibility index (Phi) is 6.00. The Labute approximate surface area is 221 Å². The third kappa shape index (κ3) is 4.41. The van der Waals surface area contributed by atoms with Gasteiger partial charge in [-0.05, 0) is 55.7 Å². The molecule has 0 spiro atoms. The second-order valence-electron chi connectivity index (χ2n) is 11.2. The van der Waals surface area contributed by atoms with Gasteiger partial charge < -0.3 is 24.3 Å². The molecule has 4 aliphatic rings. The maximum absolute atomic E-state index is 15.6. The number of aromatic nitrogens is 2. The molecule has 8 nitrogen and oxygen atoms in total. The van der Waals surface area contributed by atoms with Crippen LogP contribution in [0.15, 0.2) is 36.7 Å². The lowest BCUT2D eigenvalue weighted by molar-refractivity contribution is -0.119. The first-order chi connectivity index (χ1) is 18.5. The number of amides is 1. The molecule has 3 aliphatic heterocycles. The lowest BCUT2D eigenvalue weighted by atomic mass is 10.0. The van der Waals surface area contributed by atoms with Gasteiger partial charge >= 0.3 is 0 Å². The van der Waals surface area contributed by atoms with Crippen molar-refractivity contribution in [2.24, 2.45) is 5.92 Å². The number of fused-ring (bicyclic) bond motifs is 1. The van der Waals surface area contributed by atoms with Crippen molar-refractivity contribution in [1.29, 1.82) is 0 Å². The van der Waals surface area contributed by atoms with Crippen LogP contribution in [0.4, 0.5) is 10.1 Å². The first-order valence-electron chi connectivity index (χ1n) is 13.8. The number of rotatable bonds is 7. The Balaban J connectivity index is 1.16. The predicted octanol–water partition coefficient (Wildman–Crippen LogP) is 3.60. The van der Waals surface area contributed by atoms with Gasteiger partial charge in [0.2, 0.25) is 5.91 Å². The number of nitrogens with one attached hydrogen (secondary N) is 1. The van der Waals surface area contributed by atoms with Crippen LogP contribution in [-0.4, -0.2) is 78.4 Å². The standard InChI is InChI=1S/C29H34FN5O3/c1-18(20-12-28(36)31-14-20)38-27-11-19(10-26-29(27)35(17-32-26)21-2-3-21)24-5-4-22(13-25(24)30)33-6-8-34(9-7-33)23-15-37-16-23/h4-5,10-11,13,17-18,20-21,23H,2-3,6-9,12,14-16H2,1H3,(H,31,36)/t18-,20?/m1/s1. The molecule has 0 bridgehead atoms. The predicted molar refractivity (Wildman–Crippen MR) is 143 cm³/mol. The van der Waals surface area contributed by atoms with Crippen LogP contribution in [0, 0.1) is 11.7 Å². The number of imidazole rings is 1. The highest BCUT2D eigenvalue weighted by Crippen LogP contribution is 2.42. The van der Waals surface area contributed by atoms with Crippen molar-refractivity contribution in [2.45, 2.75) is 44.4 Å². The van der Waals surface area contributed by atoms with E-state index in [-0.39, 0.29) is 23.7 Å². The van der Waals surface area contributed by atoms with E-state index in [2.05, 4.69) is 24.7 Å². The number of carbonyl (C=O) groups is 1. The molecule has 3 aromatic rings. The van der Waals surface area contributed by atoms with Crippen LogP contribution in [0.25, 0.3) is 22.2 Å². The van der Waals surface area contributed by atoms with Gasteiger partial charge in [-0.2, -0.15) is 0 Å². The smallest absolute Gasteiger partial charge is 0.220 e. The Hall–Kier alpha value is -3.17. The first-order valence-corrected chi connectivity index (χ1v) is 13.8. The molecular weight excluding hydrogens is 485 g/mol. The zero-order valence-electron chi connectivity index (χ0n) is 21.7. The fourth-order valence-corrected chi connectivity index (χ4v) is 5.98. The number of benzene rings is 2. The van der Waals surface area contributed by atoms with Gasteiger partial charge in [0, 0.05) is 62.4 Å². The summed E-state index contributed by atoms with van der Waals surface area (Å²) < 4.78 is 29.6. The van der Waals surface area contributed by atoms with Crippen LogP contribution in [0.5, 0.6) is 5.75 Å². The summed E-state index contributed by atoms with van der Waals surface area (Å²) in [6.07, 6.45) is 4.43. The number of ether oxygens (including phenoxy) is 2. The second-order valence-corrected chi connectivity index (χ2v) is 11.2. The average molecular weight is 520 g/mol. The fourth-order valence-electron chi connectivity index (χ4n) is 5.98. The highest BCUT2D eigenvalue weighted by atomic mass is 19.1. The summed E-state index contributed by atoms with van der Waals surface area (Å²) in [7, 11) is 0. The molecule has 1 unspecified atom stereocenters. The highest BCUT2D eigenvalue weighted by Gasteiger charge is 2.31. The first kappa shape index (κ1) is 23.9. The molecule has 1 amide bonds. The van der Waals surface area contributed by atoms with Crippen molar-refractivity contribution >= 4 is 22.6 Å². The van der Waals surface area contributed by atoms with Crippen LogP contribution in [-0.2, 0) is 9.53 Å². The van der Waals surface area contributed by atoms with Gasteiger partial charge in [-0.15, -0.1) is 0 Å². The van der Waals surface area contributed by atoms with E-state index in [1.165, 1.54) is 0 Å². The van der Waals surface area contributed by atoms with Gasteiger partial charge in [0.15, 0.2) is 0 Å². The van der Waals surface area contributed by atoms with Crippen LogP contribution in [0.2, 0.25) is 0 Å². The van der Waals surface area contributed by atoms with Crippen LogP contribution in [0.3, 0.4) is 0 Å². The average Bonchev–Trinajstić information content (AvgIpc) is 3.48. The third-order valence-electron chi connectivity index (χ3n) is 8.64. The molecule has 4 heterocycles. The maximum Gasteiger partial charge on any atom is 0.220 e. The molecule has 200 valence electrons. The van der Waals surface area contributed by atoms with E-state index in [1.54, 1.807) is 6.07 Å². The molecular formula is C29H34FN5O3. The fraction of sp³-hybridized carbons (Fsp3) is 0.517. The van der Waals surface area contributed by atoms with Crippen LogP contribution >= 0.6 is 0 Å². The van der Waals surface area contributed by atoms with E-state index in [0.717, 1.165) is 74.5 Å². The Morgan fingerprint density at radius 3 is 2.58 bits per heavy atom. The SMILES string of the molecule is C[C@@H](Oc1cc(-c2ccc(N3CCN(C4COC4)CC3)cc2F)cc2ncn(C3CC3)c12)C1CNC(=O)C1. The summed E-state index contributed by atoms with van der Waals surface area (Å²) in [6.45, 7) is 7.98. The molecule has 2 aromatic carbocycles. The Morgan fingerprint density at radius 1 is 1.11 bits per heavy atom. The molecule has 1 saturated carbocycles. The molecule has 0 radical (unpaired) electrons. The lowest BCUT2D eigenvalue weighted by Crippen LogP contribution is -2.56. The monoisotopic (exact) mass is 519 g/mol. The molecule has 1 aliphatic carbocycles. The van der Waals surface area contributed by atoms with Gasteiger partial charge in [-0.25, -0.2) is 9.37 Å². The summed E-state index contributed by atoms with van der Waals surface area (Å²) >= 11 is 0. The van der Waals surface area contributed by atoms with E-state index in [1.807, 2.05) is 37.5 Å². The third-order valence-corrected chi connectivity index (χ3v) is 8.64. The van der Waals surface area contributed by atoms with E-state index in [9.17, 15) is 4.79 Å². The minimum absolute atomic E-state index is 0.0630. The minimum atomic E-state index is -0.247. The Bertz CT molecular complexity index is 1360.